The van der Waals surface area contributed by atoms with Gasteiger partial charge in [-0.3, -0.25) is 0 Å². The SMILES string of the molecule is CC(C)CN1CCOc2ccc(CC3CCCCN3)cc21. The van der Waals surface area contributed by atoms with Crippen molar-refractivity contribution < 1.29 is 4.74 Å². The molecule has 3 heteroatoms. The molecule has 21 heavy (non-hydrogen) atoms. The number of hydrogen-bond donors (Lipinski definition) is 1. The fraction of sp³-hybridized carbons (Fsp3) is 0.667. The van der Waals surface area contributed by atoms with Crippen LogP contribution in [0.25, 0.3) is 0 Å². The largest absolute Gasteiger partial charge is 0.490 e. The number of rotatable bonds is 4. The Morgan fingerprint density at radius 3 is 3.00 bits per heavy atom. The van der Waals surface area contributed by atoms with Gasteiger partial charge in [-0.15, -0.1) is 0 Å². The predicted octanol–water partition coefficient (Wildman–Crippen LogP) is 3.23. The van der Waals surface area contributed by atoms with Crippen molar-refractivity contribution in [2.24, 2.45) is 5.92 Å². The molecule has 1 saturated heterocycles. The van der Waals surface area contributed by atoms with Crippen LogP contribution in [-0.4, -0.2) is 32.3 Å². The minimum atomic E-state index is 0.653. The summed E-state index contributed by atoms with van der Waals surface area (Å²) >= 11 is 0. The number of nitrogens with one attached hydrogen (secondary N) is 1. The highest BCUT2D eigenvalue weighted by Gasteiger charge is 2.20. The summed E-state index contributed by atoms with van der Waals surface area (Å²) in [7, 11) is 0. The maximum atomic E-state index is 5.82. The normalized spacial score (nSPS) is 22.0. The summed E-state index contributed by atoms with van der Waals surface area (Å²) in [6.07, 6.45) is 5.15. The van der Waals surface area contributed by atoms with Crippen molar-refractivity contribution in [2.75, 3.05) is 31.1 Å². The smallest absolute Gasteiger partial charge is 0.142 e. The minimum absolute atomic E-state index is 0.653. The van der Waals surface area contributed by atoms with Crippen molar-refractivity contribution in [1.29, 1.82) is 0 Å². The van der Waals surface area contributed by atoms with Gasteiger partial charge in [-0.25, -0.2) is 0 Å². The van der Waals surface area contributed by atoms with Crippen molar-refractivity contribution in [3.05, 3.63) is 23.8 Å². The first-order valence-electron chi connectivity index (χ1n) is 8.46. The van der Waals surface area contributed by atoms with Gasteiger partial charge >= 0.3 is 0 Å². The van der Waals surface area contributed by atoms with E-state index in [-0.39, 0.29) is 0 Å². The molecule has 2 aliphatic rings. The highest BCUT2D eigenvalue weighted by atomic mass is 16.5. The van der Waals surface area contributed by atoms with Crippen LogP contribution in [0.2, 0.25) is 0 Å². The second kappa shape index (κ2) is 6.69. The first-order valence-corrected chi connectivity index (χ1v) is 8.46. The molecule has 116 valence electrons. The molecule has 0 aliphatic carbocycles. The Morgan fingerprint density at radius 2 is 2.24 bits per heavy atom. The van der Waals surface area contributed by atoms with Crippen LogP contribution in [0.1, 0.15) is 38.7 Å². The first-order chi connectivity index (χ1) is 10.2. The second-order valence-corrected chi connectivity index (χ2v) is 6.84. The Hall–Kier alpha value is -1.22. The molecule has 1 unspecified atom stereocenters. The molecule has 1 fully saturated rings. The fourth-order valence-corrected chi connectivity index (χ4v) is 3.46. The third-order valence-electron chi connectivity index (χ3n) is 4.46. The maximum Gasteiger partial charge on any atom is 0.142 e. The van der Waals surface area contributed by atoms with Crippen molar-refractivity contribution in [3.63, 3.8) is 0 Å². The van der Waals surface area contributed by atoms with Crippen LogP contribution in [0, 0.1) is 5.92 Å². The molecule has 2 heterocycles. The molecule has 0 spiro atoms. The fourth-order valence-electron chi connectivity index (χ4n) is 3.46. The van der Waals surface area contributed by atoms with Crippen LogP contribution < -0.4 is 15.0 Å². The second-order valence-electron chi connectivity index (χ2n) is 6.84. The lowest BCUT2D eigenvalue weighted by molar-refractivity contribution is 0.304. The third-order valence-corrected chi connectivity index (χ3v) is 4.46. The van der Waals surface area contributed by atoms with Gasteiger partial charge in [0.1, 0.15) is 12.4 Å². The zero-order valence-electron chi connectivity index (χ0n) is 13.4. The van der Waals surface area contributed by atoms with E-state index in [0.717, 1.165) is 31.9 Å². The molecule has 0 saturated carbocycles. The van der Waals surface area contributed by atoms with E-state index in [0.29, 0.717) is 12.0 Å². The Morgan fingerprint density at radius 1 is 1.33 bits per heavy atom. The quantitative estimate of drug-likeness (QED) is 0.920. The van der Waals surface area contributed by atoms with Crippen LogP contribution in [0.15, 0.2) is 18.2 Å². The molecule has 0 bridgehead atoms. The number of hydrogen-bond acceptors (Lipinski definition) is 3. The molecule has 1 atom stereocenters. The van der Waals surface area contributed by atoms with Gasteiger partial charge in [0.15, 0.2) is 0 Å². The Labute approximate surface area is 128 Å². The van der Waals surface area contributed by atoms with E-state index >= 15 is 0 Å². The molecule has 0 aromatic heterocycles. The number of piperidine rings is 1. The highest BCUT2D eigenvalue weighted by molar-refractivity contribution is 5.61. The van der Waals surface area contributed by atoms with Gasteiger partial charge in [0.2, 0.25) is 0 Å². The van der Waals surface area contributed by atoms with Gasteiger partial charge < -0.3 is 15.0 Å². The lowest BCUT2D eigenvalue weighted by atomic mass is 9.97. The third kappa shape index (κ3) is 3.70. The number of anilines is 1. The molecule has 3 nitrogen and oxygen atoms in total. The van der Waals surface area contributed by atoms with Gasteiger partial charge in [-0.05, 0) is 49.4 Å². The molecular formula is C18H28N2O. The van der Waals surface area contributed by atoms with Crippen LogP contribution in [0.4, 0.5) is 5.69 Å². The molecule has 0 radical (unpaired) electrons. The zero-order chi connectivity index (χ0) is 14.7. The molecular weight excluding hydrogens is 260 g/mol. The number of fused-ring (bicyclic) bond motifs is 1. The van der Waals surface area contributed by atoms with Crippen molar-refractivity contribution in [3.8, 4) is 5.75 Å². The van der Waals surface area contributed by atoms with E-state index in [2.05, 4.69) is 42.3 Å². The van der Waals surface area contributed by atoms with E-state index in [4.69, 9.17) is 4.74 Å². The molecule has 1 N–H and O–H groups in total. The summed E-state index contributed by atoms with van der Waals surface area (Å²) in [6.45, 7) is 8.68. The Kier molecular flexibility index (Phi) is 4.69. The number of benzene rings is 1. The van der Waals surface area contributed by atoms with Crippen LogP contribution in [-0.2, 0) is 6.42 Å². The Balaban J connectivity index is 1.74. The van der Waals surface area contributed by atoms with Gasteiger partial charge in [-0.1, -0.05) is 26.3 Å². The molecule has 1 aromatic carbocycles. The zero-order valence-corrected chi connectivity index (χ0v) is 13.4. The molecule has 3 rings (SSSR count). The lowest BCUT2D eigenvalue weighted by Gasteiger charge is -2.33. The number of ether oxygens (including phenoxy) is 1. The first kappa shape index (κ1) is 14.7. The average molecular weight is 288 g/mol. The summed E-state index contributed by atoms with van der Waals surface area (Å²) in [5.41, 5.74) is 2.73. The van der Waals surface area contributed by atoms with Gasteiger partial charge in [0, 0.05) is 12.6 Å². The maximum absolute atomic E-state index is 5.82. The van der Waals surface area contributed by atoms with Crippen molar-refractivity contribution in [1.82, 2.24) is 5.32 Å². The van der Waals surface area contributed by atoms with Crippen molar-refractivity contribution >= 4 is 5.69 Å². The van der Waals surface area contributed by atoms with Crippen molar-refractivity contribution in [2.45, 2.75) is 45.6 Å². The topological polar surface area (TPSA) is 24.5 Å². The Bertz CT molecular complexity index is 466. The highest BCUT2D eigenvalue weighted by Crippen LogP contribution is 2.33. The van der Waals surface area contributed by atoms with Crippen LogP contribution in [0.5, 0.6) is 5.75 Å². The van der Waals surface area contributed by atoms with E-state index in [1.54, 1.807) is 0 Å². The predicted molar refractivity (Wildman–Crippen MR) is 88.3 cm³/mol. The van der Waals surface area contributed by atoms with E-state index in [1.165, 1.54) is 37.1 Å². The van der Waals surface area contributed by atoms with Crippen LogP contribution >= 0.6 is 0 Å². The van der Waals surface area contributed by atoms with E-state index in [1.807, 2.05) is 0 Å². The van der Waals surface area contributed by atoms with Gasteiger partial charge in [-0.2, -0.15) is 0 Å². The summed E-state index contributed by atoms with van der Waals surface area (Å²) in [6, 6.07) is 7.42. The molecule has 2 aliphatic heterocycles. The summed E-state index contributed by atoms with van der Waals surface area (Å²) in [5, 5.41) is 3.65. The summed E-state index contributed by atoms with van der Waals surface area (Å²) in [4.78, 5) is 2.49. The molecule has 0 amide bonds. The summed E-state index contributed by atoms with van der Waals surface area (Å²) < 4.78 is 5.82. The molecule has 1 aromatic rings. The van der Waals surface area contributed by atoms with Crippen LogP contribution in [0.3, 0.4) is 0 Å². The standard InChI is InChI=1S/C18H28N2O/c1-14(2)13-20-9-10-21-18-7-6-15(12-17(18)20)11-16-5-3-4-8-19-16/h6-7,12,14,16,19H,3-5,8-11,13H2,1-2H3. The van der Waals surface area contributed by atoms with Gasteiger partial charge in [0.05, 0.1) is 12.2 Å². The minimum Gasteiger partial charge on any atom is -0.490 e. The average Bonchev–Trinajstić information content (AvgIpc) is 2.48. The monoisotopic (exact) mass is 288 g/mol. The lowest BCUT2D eigenvalue weighted by Crippen LogP contribution is -2.36. The number of nitrogens with zero attached hydrogens (tertiary/aromatic N) is 1. The van der Waals surface area contributed by atoms with Gasteiger partial charge in [0.25, 0.3) is 0 Å². The van der Waals surface area contributed by atoms with E-state index in [9.17, 15) is 0 Å². The summed E-state index contributed by atoms with van der Waals surface area (Å²) in [5.74, 6) is 1.74. The van der Waals surface area contributed by atoms with E-state index < -0.39 is 0 Å².